The number of aliphatic hydroxyl groups is 1. The van der Waals surface area contributed by atoms with Crippen molar-refractivity contribution in [3.05, 3.63) is 158 Å². The number of phosphoric ester groups is 1. The topological polar surface area (TPSA) is 300 Å². The molecule has 2 saturated heterocycles. The van der Waals surface area contributed by atoms with Gasteiger partial charge in [0.15, 0.2) is 12.4 Å². The lowest BCUT2D eigenvalue weighted by atomic mass is 9.80. The van der Waals surface area contributed by atoms with E-state index in [2.05, 4.69) is 50.1 Å². The molecule has 2 aliphatic heterocycles. The Bertz CT molecular complexity index is 3170. The highest BCUT2D eigenvalue weighted by molar-refractivity contribution is 7.48. The number of nitrogens with zero attached hydrogens (tertiary/aromatic N) is 3. The summed E-state index contributed by atoms with van der Waals surface area (Å²) in [6.45, 7) is 4.14. The number of benzene rings is 4. The number of anilines is 4. The molecular formula is C54H61N8O16P. The molecule has 6 N–H and O–H groups in total. The van der Waals surface area contributed by atoms with Crippen LogP contribution >= 0.6 is 7.82 Å². The van der Waals surface area contributed by atoms with Crippen LogP contribution in [0.15, 0.2) is 125 Å². The van der Waals surface area contributed by atoms with Gasteiger partial charge in [0.1, 0.15) is 65.1 Å². The van der Waals surface area contributed by atoms with E-state index in [1.165, 1.54) is 23.8 Å². The van der Waals surface area contributed by atoms with Crippen LogP contribution in [0.5, 0.6) is 17.2 Å². The third-order valence-corrected chi connectivity index (χ3v) is 14.4. The molecule has 1 unspecified atom stereocenters. The van der Waals surface area contributed by atoms with Crippen LogP contribution in [0.3, 0.4) is 0 Å². The number of carbonyl (C=O) groups is 3. The van der Waals surface area contributed by atoms with Crippen LogP contribution in [0, 0.1) is 0 Å². The van der Waals surface area contributed by atoms with Crippen LogP contribution < -0.4 is 46.7 Å². The second-order valence-corrected chi connectivity index (χ2v) is 20.2. The molecular weight excluding hydrogens is 1050 g/mol. The Morgan fingerprint density at radius 3 is 2.08 bits per heavy atom. The molecule has 0 bridgehead atoms. The van der Waals surface area contributed by atoms with E-state index in [0.717, 1.165) is 18.2 Å². The largest absolute Gasteiger partial charge is 0.497 e. The molecule has 0 saturated carbocycles. The molecule has 0 aliphatic carbocycles. The van der Waals surface area contributed by atoms with Gasteiger partial charge in [-0.2, -0.15) is 9.97 Å². The maximum absolute atomic E-state index is 14.6. The average Bonchev–Trinajstić information content (AvgIpc) is 4.17. The number of ether oxygens (including phenoxy) is 6. The Morgan fingerprint density at radius 1 is 0.835 bits per heavy atom. The van der Waals surface area contributed by atoms with Crippen LogP contribution in [0.25, 0.3) is 0 Å². The second-order valence-electron chi connectivity index (χ2n) is 18.5. The minimum atomic E-state index is -4.62. The van der Waals surface area contributed by atoms with E-state index in [0.29, 0.717) is 34.3 Å². The first-order chi connectivity index (χ1) is 38.0. The maximum atomic E-state index is 14.6. The lowest BCUT2D eigenvalue weighted by Gasteiger charge is -2.37. The van der Waals surface area contributed by atoms with Gasteiger partial charge in [-0.1, -0.05) is 80.6 Å². The van der Waals surface area contributed by atoms with Crippen molar-refractivity contribution in [3.8, 4) is 17.2 Å². The Morgan fingerprint density at radius 2 is 1.48 bits per heavy atom. The Labute approximate surface area is 453 Å². The summed E-state index contributed by atoms with van der Waals surface area (Å²) in [7, 11) is -0.394. The van der Waals surface area contributed by atoms with Gasteiger partial charge < -0.3 is 49.5 Å². The predicted octanol–water partition coefficient (Wildman–Crippen LogP) is 6.05. The van der Waals surface area contributed by atoms with Crippen molar-refractivity contribution in [2.24, 2.45) is 0 Å². The lowest BCUT2D eigenvalue weighted by molar-refractivity contribution is -0.118. The normalized spacial score (nSPS) is 19.7. The highest BCUT2D eigenvalue weighted by atomic mass is 31.2. The van der Waals surface area contributed by atoms with Crippen molar-refractivity contribution in [2.45, 2.75) is 82.0 Å². The SMILES string of the molecule is COc1ccc(C(OC[C@H]2O[C@@H](n3ccc(NC(C)=O)nc3=O)C[C@@H]2OP(=O)(OC)OC[C@H]2O[C@H](Nc3nc(NC(=O)COc4ccc(C(C)C)cc4)[nH]c(=O)c3NC=O)C[C@@H]2O)(c2ccccc2)c2ccc(OC)cc2)cc1. The van der Waals surface area contributed by atoms with Gasteiger partial charge in [-0.3, -0.25) is 47.6 Å². The minimum absolute atomic E-state index is 0.0166. The summed E-state index contributed by atoms with van der Waals surface area (Å²) in [5.74, 6) is 0.368. The van der Waals surface area contributed by atoms with Crippen molar-refractivity contribution in [1.82, 2.24) is 19.5 Å². The Hall–Kier alpha value is -7.80. The van der Waals surface area contributed by atoms with E-state index in [-0.39, 0.29) is 49.1 Å². The molecule has 0 radical (unpaired) electrons. The smallest absolute Gasteiger partial charge is 0.474 e. The Kier molecular flexibility index (Phi) is 18.7. The first-order valence-corrected chi connectivity index (χ1v) is 26.5. The van der Waals surface area contributed by atoms with Crippen molar-refractivity contribution in [1.29, 1.82) is 0 Å². The number of aromatic nitrogens is 4. The zero-order valence-electron chi connectivity index (χ0n) is 44.0. The quantitative estimate of drug-likeness (QED) is 0.0216. The fourth-order valence-corrected chi connectivity index (χ4v) is 10.1. The van der Waals surface area contributed by atoms with Crippen LogP contribution in [0.4, 0.5) is 23.3 Å². The van der Waals surface area contributed by atoms with Gasteiger partial charge >= 0.3 is 13.5 Å². The highest BCUT2D eigenvalue weighted by Crippen LogP contribution is 2.53. The summed E-state index contributed by atoms with van der Waals surface area (Å²) in [4.78, 5) is 73.5. The monoisotopic (exact) mass is 1110 g/mol. The van der Waals surface area contributed by atoms with E-state index >= 15 is 0 Å². The number of nitrogens with one attached hydrogen (secondary N) is 5. The van der Waals surface area contributed by atoms with Gasteiger partial charge in [0.25, 0.3) is 11.5 Å². The van der Waals surface area contributed by atoms with Gasteiger partial charge in [0, 0.05) is 33.1 Å². The summed E-state index contributed by atoms with van der Waals surface area (Å²) < 4.78 is 69.6. The van der Waals surface area contributed by atoms with E-state index in [1.54, 1.807) is 50.6 Å². The molecule has 25 heteroatoms. The van der Waals surface area contributed by atoms with Crippen molar-refractivity contribution in [2.75, 3.05) is 62.4 Å². The lowest BCUT2D eigenvalue weighted by Crippen LogP contribution is -2.38. The van der Waals surface area contributed by atoms with Gasteiger partial charge in [0.2, 0.25) is 18.3 Å². The Balaban J connectivity index is 1.01. The molecule has 4 heterocycles. The number of amides is 3. The molecule has 8 rings (SSSR count). The first-order valence-electron chi connectivity index (χ1n) is 25.0. The number of aliphatic hydroxyl groups excluding tert-OH is 1. The molecule has 24 nitrogen and oxygen atoms in total. The molecule has 2 fully saturated rings. The molecule has 79 heavy (non-hydrogen) atoms. The van der Waals surface area contributed by atoms with Crippen LogP contribution in [-0.4, -0.2) is 115 Å². The predicted molar refractivity (Wildman–Crippen MR) is 287 cm³/mol. The standard InChI is InChI=1S/C54H61N8O16P/c1-32(2)34-12-18-40(19-13-34)73-30-46(66)58-52-60-50(49(55-31-63)51(67)61-52)59-47-26-41(65)43(76-47)29-75-79(69,72-6)78-42-27-48(62-25-24-45(56-33(3)64)57-53(62)68)77-44(42)28-74-54(35-10-8-7-9-11-35,36-14-20-38(70-4)21-15-36)37-16-22-39(71-5)23-17-37/h7-25,31-32,41-44,47-48,65H,26-30H2,1-6H3,(H,55,63)(H,56,57,64,68)(H3,58,59,60,61,66,67)/t41-,42-,43+,44+,47-,48+,79?/m0/s1. The van der Waals surface area contributed by atoms with Crippen LogP contribution in [-0.2, 0) is 52.3 Å². The second kappa shape index (κ2) is 25.8. The van der Waals surface area contributed by atoms with Crippen molar-refractivity contribution < 1.29 is 66.0 Å². The number of aromatic amines is 1. The molecule has 0 spiro atoms. The van der Waals surface area contributed by atoms with E-state index in [4.69, 9.17) is 42.0 Å². The van der Waals surface area contributed by atoms with Crippen LogP contribution in [0.1, 0.15) is 68.0 Å². The highest BCUT2D eigenvalue weighted by Gasteiger charge is 2.47. The fourth-order valence-electron chi connectivity index (χ4n) is 8.97. The third-order valence-electron chi connectivity index (χ3n) is 13.0. The van der Waals surface area contributed by atoms with Crippen molar-refractivity contribution in [3.63, 3.8) is 0 Å². The zero-order valence-corrected chi connectivity index (χ0v) is 44.9. The molecule has 418 valence electrons. The number of rotatable bonds is 25. The summed E-state index contributed by atoms with van der Waals surface area (Å²) in [6, 6.07) is 32.8. The van der Waals surface area contributed by atoms with Crippen molar-refractivity contribution >= 4 is 49.3 Å². The van der Waals surface area contributed by atoms with Gasteiger partial charge in [-0.05, 0) is 70.6 Å². The number of hydrogen-bond acceptors (Lipinski definition) is 19. The summed E-state index contributed by atoms with van der Waals surface area (Å²) in [6.07, 6.45) is -5.47. The third kappa shape index (κ3) is 13.9. The molecule has 4 aromatic carbocycles. The van der Waals surface area contributed by atoms with Crippen LogP contribution in [0.2, 0.25) is 0 Å². The zero-order chi connectivity index (χ0) is 56.3. The minimum Gasteiger partial charge on any atom is -0.497 e. The number of phosphoric acid groups is 1. The van der Waals surface area contributed by atoms with Gasteiger partial charge in [-0.15, -0.1) is 0 Å². The number of methoxy groups -OCH3 is 2. The molecule has 7 atom stereocenters. The fraction of sp³-hybridized carbons (Fsp3) is 0.352. The molecule has 6 aromatic rings. The number of hydrogen-bond donors (Lipinski definition) is 6. The molecule has 3 amide bonds. The van der Waals surface area contributed by atoms with Gasteiger partial charge in [-0.25, -0.2) is 9.36 Å². The van der Waals surface area contributed by atoms with E-state index < -0.39 is 86.6 Å². The van der Waals surface area contributed by atoms with E-state index in [1.807, 2.05) is 66.7 Å². The summed E-state index contributed by atoms with van der Waals surface area (Å²) in [5, 5.41) is 21.3. The molecule has 2 aromatic heterocycles. The number of H-pyrrole nitrogens is 1. The van der Waals surface area contributed by atoms with Gasteiger partial charge in [0.05, 0.1) is 33.5 Å². The van der Waals surface area contributed by atoms with E-state index in [9.17, 15) is 33.6 Å². The number of carbonyl (C=O) groups excluding carboxylic acids is 3. The average molecular weight is 1110 g/mol. The summed E-state index contributed by atoms with van der Waals surface area (Å²) >= 11 is 0. The maximum Gasteiger partial charge on any atom is 0.474 e. The molecule has 2 aliphatic rings. The summed E-state index contributed by atoms with van der Waals surface area (Å²) in [5.41, 5.74) is -0.0620. The first kappa shape index (κ1) is 57.4.